The highest BCUT2D eigenvalue weighted by molar-refractivity contribution is 6.37. The van der Waals surface area contributed by atoms with Crippen molar-refractivity contribution in [1.82, 2.24) is 9.80 Å². The number of likely N-dealkylation sites (tertiary alicyclic amines) is 1. The topological polar surface area (TPSA) is 229 Å². The van der Waals surface area contributed by atoms with Crippen LogP contribution < -0.4 is 14.2 Å². The van der Waals surface area contributed by atoms with Crippen molar-refractivity contribution in [2.75, 3.05) is 59.8 Å². The Morgan fingerprint density at radius 3 is 2.25 bits per heavy atom. The van der Waals surface area contributed by atoms with E-state index in [0.717, 1.165) is 41.5 Å². The summed E-state index contributed by atoms with van der Waals surface area (Å²) in [6.45, 7) is 3.33. The normalized spacial score (nSPS) is 19.0. The van der Waals surface area contributed by atoms with Crippen LogP contribution in [0.15, 0.2) is 54.6 Å². The van der Waals surface area contributed by atoms with Crippen molar-refractivity contribution in [3.63, 3.8) is 0 Å². The number of esters is 1. The number of ether oxygens (including phenoxy) is 5. The van der Waals surface area contributed by atoms with Gasteiger partial charge in [-0.05, 0) is 129 Å². The Morgan fingerprint density at radius 2 is 1.57 bits per heavy atom. The van der Waals surface area contributed by atoms with E-state index in [2.05, 4.69) is 15.7 Å². The fourth-order valence-electron chi connectivity index (χ4n) is 8.47. The number of hydrogen-bond donors (Lipinski definition) is 1. The molecule has 1 aliphatic heterocycles. The maximum absolute atomic E-state index is 14.8. The second-order valence-corrected chi connectivity index (χ2v) is 18.2. The largest absolute Gasteiger partial charge is 0.493 e. The highest BCUT2D eigenvalue weighted by Gasteiger charge is 2.45. The van der Waals surface area contributed by atoms with Crippen LogP contribution in [0.3, 0.4) is 0 Å². The lowest BCUT2D eigenvalue weighted by Crippen LogP contribution is -2.49. The second-order valence-electron chi connectivity index (χ2n) is 17.4. The van der Waals surface area contributed by atoms with Gasteiger partial charge in [-0.3, -0.25) is 9.59 Å². The quantitative estimate of drug-likeness (QED) is 0.0313. The van der Waals surface area contributed by atoms with E-state index in [1.165, 1.54) is 4.90 Å². The molecule has 68 heavy (non-hydrogen) atoms. The molecule has 3 fully saturated rings. The van der Waals surface area contributed by atoms with Crippen LogP contribution in [0.1, 0.15) is 79.5 Å². The van der Waals surface area contributed by atoms with Gasteiger partial charge in [-0.2, -0.15) is 0 Å². The fourth-order valence-corrected chi connectivity index (χ4v) is 9.18. The van der Waals surface area contributed by atoms with E-state index in [0.29, 0.717) is 79.1 Å². The fraction of sp³-hybridized carbons (Fsp3) is 0.553. The van der Waals surface area contributed by atoms with Gasteiger partial charge >= 0.3 is 12.1 Å². The molecule has 1 N–H and O–H groups in total. The van der Waals surface area contributed by atoms with Gasteiger partial charge < -0.3 is 48.3 Å². The zero-order chi connectivity index (χ0) is 48.7. The van der Waals surface area contributed by atoms with Gasteiger partial charge in [-0.1, -0.05) is 41.4 Å². The number of rotatable bonds is 28. The number of unbranched alkanes of at least 4 members (excludes halogenated alkanes) is 1. The molecule has 3 aromatic rings. The minimum absolute atomic E-state index is 0.0178. The van der Waals surface area contributed by atoms with Gasteiger partial charge in [0, 0.05) is 45.3 Å². The Labute approximate surface area is 404 Å². The lowest BCUT2D eigenvalue weighted by Gasteiger charge is -2.39. The molecule has 0 spiro atoms. The van der Waals surface area contributed by atoms with Crippen LogP contribution in [0, 0.1) is 44.9 Å². The van der Waals surface area contributed by atoms with Crippen LogP contribution in [0.25, 0.3) is 0 Å². The first kappa shape index (κ1) is 51.6. The van der Waals surface area contributed by atoms with Crippen LogP contribution in [0.2, 0.25) is 10.0 Å². The molecule has 6 rings (SSSR count). The first-order chi connectivity index (χ1) is 32.7. The smallest absolute Gasteiger partial charge is 0.407 e. The average Bonchev–Trinajstić information content (AvgIpc) is 4.25. The Balaban J connectivity index is 1.05. The first-order valence-corrected chi connectivity index (χ1v) is 23.5. The minimum atomic E-state index is -1.12. The molecule has 2 saturated carbocycles. The summed E-state index contributed by atoms with van der Waals surface area (Å²) < 4.78 is 28.8. The van der Waals surface area contributed by atoms with Crippen LogP contribution >= 0.6 is 23.2 Å². The molecule has 0 unspecified atom stereocenters. The number of piperidine rings is 1. The highest BCUT2D eigenvalue weighted by Crippen LogP contribution is 2.41. The zero-order valence-corrected chi connectivity index (χ0v) is 39.6. The molecule has 2 aliphatic carbocycles. The summed E-state index contributed by atoms with van der Waals surface area (Å²) in [7, 11) is 1.65. The van der Waals surface area contributed by atoms with Gasteiger partial charge in [0.25, 0.3) is 10.2 Å². The molecule has 21 heteroatoms. The van der Waals surface area contributed by atoms with E-state index in [-0.39, 0.29) is 75.1 Å². The summed E-state index contributed by atoms with van der Waals surface area (Å²) in [5.74, 6) is -0.123. The predicted molar refractivity (Wildman–Crippen MR) is 246 cm³/mol. The minimum Gasteiger partial charge on any atom is -0.493 e. The molecule has 370 valence electrons. The van der Waals surface area contributed by atoms with Crippen LogP contribution in [0.4, 0.5) is 4.79 Å². The number of methoxy groups -OCH3 is 1. The SMILES string of the molecule is COCCCc1cc(CN(C(=O)[C@H]2CN(C(=O)O)CC[C@@H]2c2ccc(OCCOc3c(Cl)cc(C)cc3Cl)cc2)C2CC2)cc(OC[C@@H]2C[C@H]2C(=O)OCCCC[C@H](CO[N+](=O)[O-])O[N+](=O)[O-])c1. The maximum Gasteiger partial charge on any atom is 0.407 e. The molecule has 3 aliphatic rings. The van der Waals surface area contributed by atoms with Gasteiger partial charge in [-0.15, -0.1) is 20.2 Å². The van der Waals surface area contributed by atoms with Crippen molar-refractivity contribution < 1.29 is 63.0 Å². The summed E-state index contributed by atoms with van der Waals surface area (Å²) in [6, 6.07) is 17.1. The van der Waals surface area contributed by atoms with Crippen molar-refractivity contribution in [2.24, 2.45) is 17.8 Å². The molecule has 2 amide bonds. The van der Waals surface area contributed by atoms with Gasteiger partial charge in [0.1, 0.15) is 37.4 Å². The lowest BCUT2D eigenvalue weighted by molar-refractivity contribution is -0.790. The molecule has 0 aromatic heterocycles. The molecule has 1 saturated heterocycles. The average molecular weight is 990 g/mol. The van der Waals surface area contributed by atoms with Crippen molar-refractivity contribution >= 4 is 41.2 Å². The van der Waals surface area contributed by atoms with Gasteiger partial charge in [-0.25, -0.2) is 4.79 Å². The Morgan fingerprint density at radius 1 is 0.853 bits per heavy atom. The number of amides is 2. The molecule has 0 bridgehead atoms. The summed E-state index contributed by atoms with van der Waals surface area (Å²) in [5, 5.41) is 30.0. The van der Waals surface area contributed by atoms with E-state index in [9.17, 15) is 39.7 Å². The molecule has 5 atom stereocenters. The van der Waals surface area contributed by atoms with E-state index >= 15 is 0 Å². The number of carbonyl (C=O) groups excluding carboxylic acids is 2. The molecule has 0 radical (unpaired) electrons. The standard InChI is InChI=1S/C47H58Cl2N4O15/c1-30-20-42(48)44(43(49)21-30)64-19-18-63-36-12-8-33(9-13-36)39-14-15-50(47(56)57)27-41(39)45(54)51(35-10-11-35)26-32-22-31(6-5-16-62-2)23-38(24-32)66-28-34-25-40(34)46(55)65-17-4-3-7-37(68-53(60)61)29-67-52(58)59/h8-9,12-13,20-24,34-35,37,39-41H,3-7,10-11,14-19,25-29H2,1-2H3,(H,56,57)/t34-,37+,39+,40+,41-/m0/s1. The Kier molecular flexibility index (Phi) is 19.0. The molecule has 1 heterocycles. The highest BCUT2D eigenvalue weighted by atomic mass is 35.5. The molecule has 19 nitrogen and oxygen atoms in total. The van der Waals surface area contributed by atoms with Crippen molar-refractivity contribution in [1.29, 1.82) is 0 Å². The van der Waals surface area contributed by atoms with Crippen LogP contribution in [-0.2, 0) is 41.7 Å². The Hall–Kier alpha value is -5.79. The third-order valence-electron chi connectivity index (χ3n) is 12.2. The predicted octanol–water partition coefficient (Wildman–Crippen LogP) is 8.13. The number of carboxylic acid groups (broad SMARTS) is 1. The first-order valence-electron chi connectivity index (χ1n) is 22.8. The van der Waals surface area contributed by atoms with E-state index in [4.69, 9.17) is 46.9 Å². The van der Waals surface area contributed by atoms with E-state index in [1.807, 2.05) is 48.2 Å². The lowest BCUT2D eigenvalue weighted by atomic mass is 9.79. The zero-order valence-electron chi connectivity index (χ0n) is 38.1. The second kappa shape index (κ2) is 25.0. The molecular weight excluding hydrogens is 931 g/mol. The summed E-state index contributed by atoms with van der Waals surface area (Å²) in [6.07, 6.45) is 2.85. The van der Waals surface area contributed by atoms with E-state index in [1.54, 1.807) is 19.2 Å². The number of hydrogen-bond acceptors (Lipinski definition) is 14. The number of benzene rings is 3. The van der Waals surface area contributed by atoms with Crippen LogP contribution in [0.5, 0.6) is 17.2 Å². The van der Waals surface area contributed by atoms with Gasteiger partial charge in [0.2, 0.25) is 5.91 Å². The number of nitrogens with zero attached hydrogens (tertiary/aromatic N) is 4. The van der Waals surface area contributed by atoms with Gasteiger partial charge in [0.15, 0.2) is 5.75 Å². The summed E-state index contributed by atoms with van der Waals surface area (Å²) in [4.78, 5) is 72.9. The van der Waals surface area contributed by atoms with E-state index < -0.39 is 34.9 Å². The summed E-state index contributed by atoms with van der Waals surface area (Å²) in [5.41, 5.74) is 3.72. The van der Waals surface area contributed by atoms with Crippen molar-refractivity contribution in [3.8, 4) is 17.2 Å². The third kappa shape index (κ3) is 15.6. The van der Waals surface area contributed by atoms with Crippen molar-refractivity contribution in [3.05, 3.63) is 107 Å². The molecular formula is C47H58Cl2N4O15. The van der Waals surface area contributed by atoms with Crippen LogP contribution in [-0.4, -0.2) is 115 Å². The number of halogens is 2. The number of carbonyl (C=O) groups is 3. The van der Waals surface area contributed by atoms with Crippen molar-refractivity contribution in [2.45, 2.75) is 89.3 Å². The summed E-state index contributed by atoms with van der Waals surface area (Å²) >= 11 is 12.6. The van der Waals surface area contributed by atoms with Gasteiger partial charge in [0.05, 0.1) is 35.1 Å². The Bertz CT molecular complexity index is 2190. The number of aryl methyl sites for hydroxylation is 2. The third-order valence-corrected chi connectivity index (χ3v) is 12.7. The monoisotopic (exact) mass is 988 g/mol. The molecule has 3 aromatic carbocycles. The maximum atomic E-state index is 14.8.